The first-order chi connectivity index (χ1) is 12.7. The van der Waals surface area contributed by atoms with Crippen LogP contribution in [0.25, 0.3) is 0 Å². The van der Waals surface area contributed by atoms with Crippen molar-refractivity contribution in [1.82, 2.24) is 15.1 Å². The van der Waals surface area contributed by atoms with Crippen LogP contribution in [-0.2, 0) is 14.3 Å². The van der Waals surface area contributed by atoms with Gasteiger partial charge in [0.05, 0.1) is 0 Å². The summed E-state index contributed by atoms with van der Waals surface area (Å²) in [5, 5.41) is 2.61. The molecule has 1 N–H and O–H groups in total. The first kappa shape index (κ1) is 21.5. The summed E-state index contributed by atoms with van der Waals surface area (Å²) in [5.41, 5.74) is -0.547. The van der Waals surface area contributed by atoms with Crippen LogP contribution in [0.15, 0.2) is 0 Å². The number of nitrogens with zero attached hydrogens (tertiary/aromatic N) is 2. The summed E-state index contributed by atoms with van der Waals surface area (Å²) in [6.45, 7) is 8.01. The predicted molar refractivity (Wildman–Crippen MR) is 103 cm³/mol. The molecule has 0 bridgehead atoms. The molecule has 2 fully saturated rings. The van der Waals surface area contributed by atoms with Gasteiger partial charge in [-0.25, -0.2) is 4.79 Å². The third kappa shape index (κ3) is 7.77. The Morgan fingerprint density at radius 2 is 1.48 bits per heavy atom. The number of ether oxygens (including phenoxy) is 1. The number of piperazine rings is 1. The quantitative estimate of drug-likeness (QED) is 0.794. The molecule has 0 radical (unpaired) electrons. The molecule has 7 heteroatoms. The summed E-state index contributed by atoms with van der Waals surface area (Å²) in [7, 11) is 0. The fraction of sp³-hybridized carbons (Fsp3) is 0.850. The molecule has 0 spiro atoms. The van der Waals surface area contributed by atoms with Gasteiger partial charge in [0.15, 0.2) is 0 Å². The normalized spacial score (nSPS) is 18.9. The number of rotatable bonds is 5. The van der Waals surface area contributed by atoms with Gasteiger partial charge in [-0.05, 0) is 39.5 Å². The van der Waals surface area contributed by atoms with E-state index in [4.69, 9.17) is 4.74 Å². The molecule has 0 atom stereocenters. The summed E-state index contributed by atoms with van der Waals surface area (Å²) in [6, 6.07) is 0. The lowest BCUT2D eigenvalue weighted by Crippen LogP contribution is -2.51. The van der Waals surface area contributed by atoms with E-state index in [0.717, 1.165) is 0 Å². The highest BCUT2D eigenvalue weighted by molar-refractivity contribution is 5.79. The van der Waals surface area contributed by atoms with Gasteiger partial charge in [0.2, 0.25) is 11.8 Å². The summed E-state index contributed by atoms with van der Waals surface area (Å²) in [4.78, 5) is 40.0. The second kappa shape index (κ2) is 9.95. The molecule has 1 aliphatic carbocycles. The van der Waals surface area contributed by atoms with Crippen molar-refractivity contribution in [1.29, 1.82) is 0 Å². The number of carbonyl (C=O) groups is 3. The van der Waals surface area contributed by atoms with Crippen LogP contribution >= 0.6 is 0 Å². The standard InChI is InChI=1S/C20H35N3O4/c1-20(2,3)27-19(26)21-10-9-17(24)22-11-13-23(14-12-22)18(25)15-16-7-5-4-6-8-16/h16H,4-15H2,1-3H3,(H,21,26). The molecule has 27 heavy (non-hydrogen) atoms. The number of carbonyl (C=O) groups excluding carboxylic acids is 3. The van der Waals surface area contributed by atoms with Crippen LogP contribution in [0, 0.1) is 5.92 Å². The molecule has 154 valence electrons. The van der Waals surface area contributed by atoms with Gasteiger partial charge in [0.1, 0.15) is 5.60 Å². The predicted octanol–water partition coefficient (Wildman–Crippen LogP) is 2.54. The lowest BCUT2D eigenvalue weighted by atomic mass is 9.86. The van der Waals surface area contributed by atoms with Gasteiger partial charge < -0.3 is 19.9 Å². The number of alkyl carbamates (subject to hydrolysis) is 1. The lowest BCUT2D eigenvalue weighted by Gasteiger charge is -2.35. The van der Waals surface area contributed by atoms with Gasteiger partial charge in [-0.3, -0.25) is 9.59 Å². The Bertz CT molecular complexity index is 516. The first-order valence-electron chi connectivity index (χ1n) is 10.3. The first-order valence-corrected chi connectivity index (χ1v) is 10.3. The number of nitrogens with one attached hydrogen (secondary N) is 1. The summed E-state index contributed by atoms with van der Waals surface area (Å²) in [5.74, 6) is 0.788. The molecular weight excluding hydrogens is 346 g/mol. The van der Waals surface area contributed by atoms with Crippen molar-refractivity contribution in [3.8, 4) is 0 Å². The van der Waals surface area contributed by atoms with E-state index in [0.29, 0.717) is 38.5 Å². The minimum absolute atomic E-state index is 0.00504. The molecule has 3 amide bonds. The summed E-state index contributed by atoms with van der Waals surface area (Å²) < 4.78 is 5.15. The maximum Gasteiger partial charge on any atom is 0.407 e. The number of hydrogen-bond donors (Lipinski definition) is 1. The second-order valence-electron chi connectivity index (χ2n) is 8.65. The summed E-state index contributed by atoms with van der Waals surface area (Å²) in [6.07, 6.45) is 6.55. The van der Waals surface area contributed by atoms with Crippen LogP contribution in [0.4, 0.5) is 4.79 Å². The lowest BCUT2D eigenvalue weighted by molar-refractivity contribution is -0.140. The molecule has 1 aliphatic heterocycles. The minimum Gasteiger partial charge on any atom is -0.444 e. The highest BCUT2D eigenvalue weighted by atomic mass is 16.6. The number of hydrogen-bond acceptors (Lipinski definition) is 4. The zero-order chi connectivity index (χ0) is 19.9. The maximum atomic E-state index is 12.5. The monoisotopic (exact) mass is 381 g/mol. The zero-order valence-corrected chi connectivity index (χ0v) is 17.1. The third-order valence-corrected chi connectivity index (χ3v) is 5.18. The Labute approximate surface area is 162 Å². The van der Waals surface area contributed by atoms with Crippen LogP contribution < -0.4 is 5.32 Å². The van der Waals surface area contributed by atoms with Gasteiger partial charge in [-0.2, -0.15) is 0 Å². The van der Waals surface area contributed by atoms with Gasteiger partial charge in [-0.15, -0.1) is 0 Å². The minimum atomic E-state index is -0.547. The van der Waals surface area contributed by atoms with Crippen molar-refractivity contribution in [3.63, 3.8) is 0 Å². The van der Waals surface area contributed by atoms with E-state index in [1.807, 2.05) is 4.90 Å². The topological polar surface area (TPSA) is 79.0 Å². The molecule has 7 nitrogen and oxygen atoms in total. The Hall–Kier alpha value is -1.79. The number of amides is 3. The van der Waals surface area contributed by atoms with Gasteiger partial charge >= 0.3 is 6.09 Å². The Kier molecular flexibility index (Phi) is 7.92. The van der Waals surface area contributed by atoms with E-state index < -0.39 is 11.7 Å². The smallest absolute Gasteiger partial charge is 0.407 e. The second-order valence-corrected chi connectivity index (χ2v) is 8.65. The molecule has 2 aliphatic rings. The van der Waals surface area contributed by atoms with Crippen molar-refractivity contribution in [2.45, 2.75) is 71.3 Å². The van der Waals surface area contributed by atoms with Crippen molar-refractivity contribution < 1.29 is 19.1 Å². The zero-order valence-electron chi connectivity index (χ0n) is 17.1. The fourth-order valence-electron chi connectivity index (χ4n) is 3.72. The van der Waals surface area contributed by atoms with Crippen molar-refractivity contribution in [2.75, 3.05) is 32.7 Å². The summed E-state index contributed by atoms with van der Waals surface area (Å²) >= 11 is 0. The fourth-order valence-corrected chi connectivity index (χ4v) is 3.72. The van der Waals surface area contributed by atoms with Crippen LogP contribution in [-0.4, -0.2) is 66.0 Å². The molecule has 0 aromatic heterocycles. The SMILES string of the molecule is CC(C)(C)OC(=O)NCCC(=O)N1CCN(C(=O)CC2CCCCC2)CC1. The Morgan fingerprint density at radius 1 is 0.926 bits per heavy atom. The molecule has 1 heterocycles. The van der Waals surface area contributed by atoms with Gasteiger partial charge in [0, 0.05) is 45.6 Å². The molecule has 0 aromatic carbocycles. The van der Waals surface area contributed by atoms with Gasteiger partial charge in [0.25, 0.3) is 0 Å². The van der Waals surface area contributed by atoms with Crippen molar-refractivity contribution in [3.05, 3.63) is 0 Å². The van der Waals surface area contributed by atoms with Crippen LogP contribution in [0.1, 0.15) is 65.7 Å². The van der Waals surface area contributed by atoms with E-state index >= 15 is 0 Å². The van der Waals surface area contributed by atoms with Crippen LogP contribution in [0.5, 0.6) is 0 Å². The largest absolute Gasteiger partial charge is 0.444 e. The average molecular weight is 382 g/mol. The molecule has 0 unspecified atom stereocenters. The highest BCUT2D eigenvalue weighted by Gasteiger charge is 2.26. The van der Waals surface area contributed by atoms with Gasteiger partial charge in [-0.1, -0.05) is 19.3 Å². The maximum absolute atomic E-state index is 12.5. The van der Waals surface area contributed by atoms with Crippen LogP contribution in [0.3, 0.4) is 0 Å². The third-order valence-electron chi connectivity index (χ3n) is 5.18. The van der Waals surface area contributed by atoms with Crippen molar-refractivity contribution in [2.24, 2.45) is 5.92 Å². The van der Waals surface area contributed by atoms with Crippen LogP contribution in [0.2, 0.25) is 0 Å². The average Bonchev–Trinajstić information content (AvgIpc) is 2.61. The van der Waals surface area contributed by atoms with E-state index in [2.05, 4.69) is 5.32 Å². The van der Waals surface area contributed by atoms with Crippen molar-refractivity contribution >= 4 is 17.9 Å². The molecular formula is C20H35N3O4. The molecule has 2 rings (SSSR count). The highest BCUT2D eigenvalue weighted by Crippen LogP contribution is 2.27. The van der Waals surface area contributed by atoms with E-state index in [1.165, 1.54) is 32.1 Å². The van der Waals surface area contributed by atoms with E-state index in [9.17, 15) is 14.4 Å². The van der Waals surface area contributed by atoms with E-state index in [-0.39, 0.29) is 24.8 Å². The Morgan fingerprint density at radius 3 is 2.04 bits per heavy atom. The molecule has 1 saturated carbocycles. The molecule has 1 saturated heterocycles. The Balaban J connectivity index is 1.63. The molecule has 0 aromatic rings. The van der Waals surface area contributed by atoms with E-state index in [1.54, 1.807) is 25.7 Å².